The molecule has 0 bridgehead atoms. The summed E-state index contributed by atoms with van der Waals surface area (Å²) in [6.07, 6.45) is -4.09. The van der Waals surface area contributed by atoms with Crippen LogP contribution in [-0.2, 0) is 18.9 Å². The average Bonchev–Trinajstić information content (AvgIpc) is 2.71. The molecule has 0 aromatic carbocycles. The molecule has 1 aliphatic carbocycles. The van der Waals surface area contributed by atoms with Gasteiger partial charge in [0.1, 0.15) is 36.6 Å². The molecule has 6 heteroatoms. The summed E-state index contributed by atoms with van der Waals surface area (Å²) >= 11 is 0. The van der Waals surface area contributed by atoms with Gasteiger partial charge in [-0.25, -0.2) is 0 Å². The van der Waals surface area contributed by atoms with E-state index >= 15 is 0 Å². The van der Waals surface area contributed by atoms with E-state index in [2.05, 4.69) is 0 Å². The van der Waals surface area contributed by atoms with Crippen molar-refractivity contribution in [3.63, 3.8) is 0 Å². The zero-order chi connectivity index (χ0) is 13.3. The molecule has 1 saturated carbocycles. The van der Waals surface area contributed by atoms with Gasteiger partial charge in [0.2, 0.25) is 0 Å². The van der Waals surface area contributed by atoms with Crippen LogP contribution >= 0.6 is 0 Å². The Hall–Kier alpha value is -0.240. The van der Waals surface area contributed by atoms with Crippen molar-refractivity contribution in [2.24, 2.45) is 0 Å². The molecular weight excluding hydrogens is 240 g/mol. The molecule has 0 aromatic rings. The molecule has 2 aliphatic heterocycles. The minimum Gasteiger partial charge on any atom is -0.387 e. The second-order valence-electron chi connectivity index (χ2n) is 6.11. The van der Waals surface area contributed by atoms with Crippen LogP contribution in [0.4, 0.5) is 0 Å². The second-order valence-corrected chi connectivity index (χ2v) is 6.11. The zero-order valence-electron chi connectivity index (χ0n) is 11.0. The van der Waals surface area contributed by atoms with E-state index in [1.807, 2.05) is 0 Å². The first-order valence-corrected chi connectivity index (χ1v) is 6.28. The number of aliphatic hydroxyl groups excluding tert-OH is 2. The summed E-state index contributed by atoms with van der Waals surface area (Å²) in [6, 6.07) is 0. The zero-order valence-corrected chi connectivity index (χ0v) is 11.0. The number of aliphatic hydroxyl groups is 2. The first kappa shape index (κ1) is 12.8. The summed E-state index contributed by atoms with van der Waals surface area (Å²) in [4.78, 5) is 0. The van der Waals surface area contributed by atoms with Crippen molar-refractivity contribution in [2.45, 2.75) is 75.9 Å². The second kappa shape index (κ2) is 3.65. The molecular formula is C12H20O6. The number of ether oxygens (including phenoxy) is 4. The number of hydrogen-bond donors (Lipinski definition) is 2. The minimum absolute atomic E-state index is 0.426. The lowest BCUT2D eigenvalue weighted by Gasteiger charge is -2.38. The van der Waals surface area contributed by atoms with Crippen LogP contribution < -0.4 is 0 Å². The maximum Gasteiger partial charge on any atom is 0.164 e. The molecule has 0 amide bonds. The van der Waals surface area contributed by atoms with E-state index < -0.39 is 48.2 Å². The lowest BCUT2D eigenvalue weighted by molar-refractivity contribution is -0.185. The molecule has 0 unspecified atom stereocenters. The molecule has 3 fully saturated rings. The fraction of sp³-hybridized carbons (Fsp3) is 1.00. The van der Waals surface area contributed by atoms with Gasteiger partial charge in [-0.3, -0.25) is 0 Å². The third kappa shape index (κ3) is 1.79. The van der Waals surface area contributed by atoms with E-state index in [1.54, 1.807) is 27.7 Å². The van der Waals surface area contributed by atoms with Crippen LogP contribution in [0.15, 0.2) is 0 Å². The fourth-order valence-electron chi connectivity index (χ4n) is 3.06. The molecule has 0 aromatic heterocycles. The van der Waals surface area contributed by atoms with E-state index in [-0.39, 0.29) is 0 Å². The summed E-state index contributed by atoms with van der Waals surface area (Å²) in [5.41, 5.74) is 0. The van der Waals surface area contributed by atoms with Gasteiger partial charge in [0.15, 0.2) is 11.6 Å². The van der Waals surface area contributed by atoms with Gasteiger partial charge in [0, 0.05) is 0 Å². The van der Waals surface area contributed by atoms with Crippen molar-refractivity contribution in [2.75, 3.05) is 0 Å². The highest BCUT2D eigenvalue weighted by molar-refractivity contribution is 5.07. The maximum atomic E-state index is 10.1. The van der Waals surface area contributed by atoms with Crippen molar-refractivity contribution in [1.29, 1.82) is 0 Å². The number of fused-ring (bicyclic) bond motifs is 3. The molecule has 0 radical (unpaired) electrons. The van der Waals surface area contributed by atoms with Crippen molar-refractivity contribution in [3.05, 3.63) is 0 Å². The summed E-state index contributed by atoms with van der Waals surface area (Å²) in [6.45, 7) is 7.11. The smallest absolute Gasteiger partial charge is 0.164 e. The molecule has 0 spiro atoms. The molecule has 3 aliphatic rings. The average molecular weight is 260 g/mol. The van der Waals surface area contributed by atoms with E-state index in [1.165, 1.54) is 0 Å². The van der Waals surface area contributed by atoms with E-state index in [4.69, 9.17) is 18.9 Å². The Labute approximate surface area is 106 Å². The van der Waals surface area contributed by atoms with Gasteiger partial charge in [-0.05, 0) is 27.7 Å². The highest BCUT2D eigenvalue weighted by Gasteiger charge is 2.62. The quantitative estimate of drug-likeness (QED) is 0.626. The summed E-state index contributed by atoms with van der Waals surface area (Å²) in [5.74, 6) is -1.58. The first-order valence-electron chi connectivity index (χ1n) is 6.28. The summed E-state index contributed by atoms with van der Waals surface area (Å²) < 4.78 is 22.8. The SMILES string of the molecule is CC1(C)O[C@@H]2[C@H]3OC(C)(C)O[C@H]3[C@@H](O)[C@H](O)[C@H]2O1. The van der Waals surface area contributed by atoms with Crippen LogP contribution in [0.2, 0.25) is 0 Å². The first-order chi connectivity index (χ1) is 8.20. The van der Waals surface area contributed by atoms with E-state index in [0.29, 0.717) is 0 Å². The molecule has 6 nitrogen and oxygen atoms in total. The predicted molar refractivity (Wildman–Crippen MR) is 59.7 cm³/mol. The Morgan fingerprint density at radius 3 is 1.22 bits per heavy atom. The van der Waals surface area contributed by atoms with Crippen molar-refractivity contribution >= 4 is 0 Å². The lowest BCUT2D eigenvalue weighted by Crippen LogP contribution is -2.61. The Morgan fingerprint density at radius 1 is 0.611 bits per heavy atom. The standard InChI is InChI=1S/C12H20O6/c1-11(2)15-7-5(13)6(14)8-10(9(7)17-11)18-12(3,4)16-8/h5-10,13-14H,1-4H3/t5-,6-,7-,8+,9-,10-/m0/s1. The third-order valence-electron chi connectivity index (χ3n) is 3.67. The summed E-state index contributed by atoms with van der Waals surface area (Å²) in [5, 5.41) is 20.2. The Balaban J connectivity index is 1.91. The third-order valence-corrected chi connectivity index (χ3v) is 3.67. The largest absolute Gasteiger partial charge is 0.387 e. The van der Waals surface area contributed by atoms with Crippen LogP contribution in [-0.4, -0.2) is 58.4 Å². The minimum atomic E-state index is -1.03. The van der Waals surface area contributed by atoms with Gasteiger partial charge in [0.25, 0.3) is 0 Å². The number of rotatable bonds is 0. The molecule has 3 rings (SSSR count). The van der Waals surface area contributed by atoms with Crippen molar-refractivity contribution < 1.29 is 29.2 Å². The van der Waals surface area contributed by atoms with Crippen LogP contribution in [0.5, 0.6) is 0 Å². The molecule has 18 heavy (non-hydrogen) atoms. The highest BCUT2D eigenvalue weighted by Crippen LogP contribution is 2.44. The molecule has 2 saturated heterocycles. The Bertz CT molecular complexity index is 320. The Morgan fingerprint density at radius 2 is 0.889 bits per heavy atom. The van der Waals surface area contributed by atoms with Gasteiger partial charge in [-0.2, -0.15) is 0 Å². The highest BCUT2D eigenvalue weighted by atomic mass is 16.8. The molecule has 2 N–H and O–H groups in total. The topological polar surface area (TPSA) is 77.4 Å². The van der Waals surface area contributed by atoms with Gasteiger partial charge in [0.05, 0.1) is 0 Å². The van der Waals surface area contributed by atoms with Crippen LogP contribution in [0, 0.1) is 0 Å². The molecule has 104 valence electrons. The van der Waals surface area contributed by atoms with Crippen LogP contribution in [0.1, 0.15) is 27.7 Å². The predicted octanol–water partition coefficient (Wildman–Crippen LogP) is -0.238. The Kier molecular flexibility index (Phi) is 2.59. The fourth-order valence-corrected chi connectivity index (χ4v) is 3.06. The van der Waals surface area contributed by atoms with Crippen LogP contribution in [0.25, 0.3) is 0 Å². The van der Waals surface area contributed by atoms with Gasteiger partial charge < -0.3 is 29.2 Å². The monoisotopic (exact) mass is 260 g/mol. The normalized spacial score (nSPS) is 53.0. The molecule has 2 heterocycles. The summed E-state index contributed by atoms with van der Waals surface area (Å²) in [7, 11) is 0. The van der Waals surface area contributed by atoms with Gasteiger partial charge >= 0.3 is 0 Å². The lowest BCUT2D eigenvalue weighted by atomic mass is 9.85. The van der Waals surface area contributed by atoms with Crippen molar-refractivity contribution in [1.82, 2.24) is 0 Å². The van der Waals surface area contributed by atoms with E-state index in [9.17, 15) is 10.2 Å². The van der Waals surface area contributed by atoms with Gasteiger partial charge in [-0.1, -0.05) is 0 Å². The maximum absolute atomic E-state index is 10.1. The van der Waals surface area contributed by atoms with Gasteiger partial charge in [-0.15, -0.1) is 0 Å². The molecule has 6 atom stereocenters. The van der Waals surface area contributed by atoms with Crippen molar-refractivity contribution in [3.8, 4) is 0 Å². The van der Waals surface area contributed by atoms with E-state index in [0.717, 1.165) is 0 Å². The number of hydrogen-bond acceptors (Lipinski definition) is 6. The van der Waals surface area contributed by atoms with Crippen LogP contribution in [0.3, 0.4) is 0 Å².